The third-order valence-electron chi connectivity index (χ3n) is 2.33. The highest BCUT2D eigenvalue weighted by atomic mass is 79.9. The highest BCUT2D eigenvalue weighted by Gasteiger charge is 2.07. The molecule has 0 aromatic heterocycles. The Bertz CT molecular complexity index is 569. The van der Waals surface area contributed by atoms with Crippen molar-refractivity contribution in [2.75, 3.05) is 0 Å². The summed E-state index contributed by atoms with van der Waals surface area (Å²) in [6.07, 6.45) is 0. The average Bonchev–Trinajstić information content (AvgIpc) is 2.32. The number of nitrogen functional groups attached to an aromatic ring is 1. The second-order valence-electron chi connectivity index (χ2n) is 3.31. The SMILES string of the molecule is NNC(=O)c1ccc2c(Br)c(O)ccc2c1. The number of nitrogens with two attached hydrogens (primary N) is 1. The van der Waals surface area contributed by atoms with Gasteiger partial charge in [0.05, 0.1) is 4.47 Å². The van der Waals surface area contributed by atoms with Crippen molar-refractivity contribution in [3.8, 4) is 5.75 Å². The van der Waals surface area contributed by atoms with Crippen molar-refractivity contribution in [1.82, 2.24) is 5.43 Å². The van der Waals surface area contributed by atoms with E-state index in [2.05, 4.69) is 21.4 Å². The van der Waals surface area contributed by atoms with Gasteiger partial charge in [-0.3, -0.25) is 10.2 Å². The predicted octanol–water partition coefficient (Wildman–Crippen LogP) is 1.91. The van der Waals surface area contributed by atoms with E-state index in [1.165, 1.54) is 0 Å². The van der Waals surface area contributed by atoms with Crippen LogP contribution in [0.15, 0.2) is 34.8 Å². The highest BCUT2D eigenvalue weighted by molar-refractivity contribution is 9.10. The van der Waals surface area contributed by atoms with Crippen LogP contribution in [0.4, 0.5) is 0 Å². The van der Waals surface area contributed by atoms with Gasteiger partial charge in [0, 0.05) is 5.56 Å². The van der Waals surface area contributed by atoms with Crippen molar-refractivity contribution < 1.29 is 9.90 Å². The Morgan fingerprint density at radius 2 is 2.06 bits per heavy atom. The molecule has 0 aliphatic carbocycles. The number of aromatic hydroxyl groups is 1. The van der Waals surface area contributed by atoms with E-state index in [4.69, 9.17) is 5.84 Å². The third-order valence-corrected chi connectivity index (χ3v) is 3.16. The number of hydrogen-bond acceptors (Lipinski definition) is 3. The number of fused-ring (bicyclic) bond motifs is 1. The van der Waals surface area contributed by atoms with Gasteiger partial charge in [0.25, 0.3) is 5.91 Å². The van der Waals surface area contributed by atoms with Crippen LogP contribution in [0, 0.1) is 0 Å². The minimum Gasteiger partial charge on any atom is -0.507 e. The molecule has 1 amide bonds. The number of phenolic OH excluding ortho intramolecular Hbond substituents is 1. The molecule has 4 N–H and O–H groups in total. The number of halogens is 1. The zero-order valence-corrected chi connectivity index (χ0v) is 9.78. The van der Waals surface area contributed by atoms with E-state index < -0.39 is 0 Å². The first-order valence-corrected chi connectivity index (χ1v) is 5.35. The van der Waals surface area contributed by atoms with Gasteiger partial charge in [0.15, 0.2) is 0 Å². The Hall–Kier alpha value is -1.59. The monoisotopic (exact) mass is 280 g/mol. The van der Waals surface area contributed by atoms with Crippen LogP contribution in [0.1, 0.15) is 10.4 Å². The summed E-state index contributed by atoms with van der Waals surface area (Å²) in [6.45, 7) is 0. The molecule has 2 rings (SSSR count). The lowest BCUT2D eigenvalue weighted by molar-refractivity contribution is 0.0954. The van der Waals surface area contributed by atoms with E-state index in [0.29, 0.717) is 10.0 Å². The fraction of sp³-hybridized carbons (Fsp3) is 0. The van der Waals surface area contributed by atoms with Crippen molar-refractivity contribution in [2.24, 2.45) is 5.84 Å². The lowest BCUT2D eigenvalue weighted by atomic mass is 10.1. The minimum atomic E-state index is -0.342. The van der Waals surface area contributed by atoms with Crippen LogP contribution in [0.2, 0.25) is 0 Å². The molecule has 82 valence electrons. The molecule has 0 saturated heterocycles. The molecule has 0 spiro atoms. The lowest BCUT2D eigenvalue weighted by Gasteiger charge is -2.05. The maximum absolute atomic E-state index is 11.3. The van der Waals surface area contributed by atoms with Crippen LogP contribution in [-0.4, -0.2) is 11.0 Å². The molecule has 0 saturated carbocycles. The van der Waals surface area contributed by atoms with Gasteiger partial charge in [0.2, 0.25) is 0 Å². The van der Waals surface area contributed by atoms with Crippen molar-refractivity contribution in [2.45, 2.75) is 0 Å². The van der Waals surface area contributed by atoms with E-state index in [1.54, 1.807) is 30.3 Å². The van der Waals surface area contributed by atoms with E-state index in [1.807, 2.05) is 0 Å². The van der Waals surface area contributed by atoms with Crippen LogP contribution in [-0.2, 0) is 0 Å². The van der Waals surface area contributed by atoms with Crippen LogP contribution < -0.4 is 11.3 Å². The van der Waals surface area contributed by atoms with Crippen LogP contribution in [0.3, 0.4) is 0 Å². The number of amides is 1. The first-order valence-electron chi connectivity index (χ1n) is 4.55. The Balaban J connectivity index is 2.65. The predicted molar refractivity (Wildman–Crippen MR) is 65.0 cm³/mol. The number of benzene rings is 2. The average molecular weight is 281 g/mol. The Kier molecular flexibility index (Phi) is 2.80. The maximum atomic E-state index is 11.3. The van der Waals surface area contributed by atoms with Gasteiger partial charge in [-0.15, -0.1) is 0 Å². The second-order valence-corrected chi connectivity index (χ2v) is 4.10. The summed E-state index contributed by atoms with van der Waals surface area (Å²) >= 11 is 3.28. The van der Waals surface area contributed by atoms with Crippen LogP contribution in [0.25, 0.3) is 10.8 Å². The summed E-state index contributed by atoms with van der Waals surface area (Å²) in [6, 6.07) is 8.42. The van der Waals surface area contributed by atoms with E-state index in [-0.39, 0.29) is 11.7 Å². The smallest absolute Gasteiger partial charge is 0.265 e. The molecule has 16 heavy (non-hydrogen) atoms. The summed E-state index contributed by atoms with van der Waals surface area (Å²) in [7, 11) is 0. The quantitative estimate of drug-likeness (QED) is 0.424. The van der Waals surface area contributed by atoms with Crippen molar-refractivity contribution in [3.05, 3.63) is 40.4 Å². The van der Waals surface area contributed by atoms with Gasteiger partial charge in [0.1, 0.15) is 5.75 Å². The molecule has 4 nitrogen and oxygen atoms in total. The standard InChI is InChI=1S/C11H9BrN2O2/c12-10-8-3-1-7(11(16)14-13)5-6(8)2-4-9(10)15/h1-5,15H,13H2,(H,14,16). The Labute approximate surface area is 100 Å². The summed E-state index contributed by atoms with van der Waals surface area (Å²) in [4.78, 5) is 11.3. The molecule has 0 fully saturated rings. The summed E-state index contributed by atoms with van der Waals surface area (Å²) < 4.78 is 0.615. The number of hydrazine groups is 1. The number of carbonyl (C=O) groups is 1. The Morgan fingerprint density at radius 3 is 2.75 bits per heavy atom. The van der Waals surface area contributed by atoms with Crippen molar-refractivity contribution in [3.63, 3.8) is 0 Å². The van der Waals surface area contributed by atoms with E-state index in [0.717, 1.165) is 10.8 Å². The molecule has 0 atom stereocenters. The van der Waals surface area contributed by atoms with Crippen LogP contribution in [0.5, 0.6) is 5.75 Å². The number of nitrogens with one attached hydrogen (secondary N) is 1. The normalized spacial score (nSPS) is 10.4. The van der Waals surface area contributed by atoms with Crippen molar-refractivity contribution in [1.29, 1.82) is 0 Å². The topological polar surface area (TPSA) is 75.3 Å². The first-order chi connectivity index (χ1) is 7.63. The van der Waals surface area contributed by atoms with Crippen molar-refractivity contribution >= 4 is 32.6 Å². The summed E-state index contributed by atoms with van der Waals surface area (Å²) in [5, 5.41) is 11.2. The summed E-state index contributed by atoms with van der Waals surface area (Å²) in [5.41, 5.74) is 2.55. The number of carbonyl (C=O) groups excluding carboxylic acids is 1. The Morgan fingerprint density at radius 1 is 1.31 bits per heavy atom. The van der Waals surface area contributed by atoms with Gasteiger partial charge in [-0.2, -0.15) is 0 Å². The molecule has 0 aliphatic rings. The minimum absolute atomic E-state index is 0.170. The maximum Gasteiger partial charge on any atom is 0.265 e. The molecule has 0 radical (unpaired) electrons. The van der Waals surface area contributed by atoms with Gasteiger partial charge in [-0.1, -0.05) is 12.1 Å². The molecular weight excluding hydrogens is 272 g/mol. The highest BCUT2D eigenvalue weighted by Crippen LogP contribution is 2.32. The third kappa shape index (κ3) is 1.75. The largest absolute Gasteiger partial charge is 0.507 e. The molecule has 2 aromatic rings. The zero-order valence-electron chi connectivity index (χ0n) is 8.20. The first kappa shape index (κ1) is 10.9. The van der Waals surface area contributed by atoms with E-state index >= 15 is 0 Å². The van der Waals surface area contributed by atoms with Gasteiger partial charge < -0.3 is 5.11 Å². The van der Waals surface area contributed by atoms with E-state index in [9.17, 15) is 9.90 Å². The lowest BCUT2D eigenvalue weighted by Crippen LogP contribution is -2.29. The number of hydrogen-bond donors (Lipinski definition) is 3. The fourth-order valence-corrected chi connectivity index (χ4v) is 2.00. The molecule has 0 aliphatic heterocycles. The van der Waals surface area contributed by atoms with Gasteiger partial charge >= 0.3 is 0 Å². The second kappa shape index (κ2) is 4.11. The number of phenols is 1. The molecule has 5 heteroatoms. The van der Waals surface area contributed by atoms with Gasteiger partial charge in [-0.05, 0) is 44.9 Å². The molecule has 0 unspecified atom stereocenters. The zero-order chi connectivity index (χ0) is 11.7. The fourth-order valence-electron chi connectivity index (χ4n) is 1.50. The molecule has 0 heterocycles. The molecule has 0 bridgehead atoms. The van der Waals surface area contributed by atoms with Crippen LogP contribution >= 0.6 is 15.9 Å². The summed E-state index contributed by atoms with van der Waals surface area (Å²) in [5.74, 6) is 4.88. The molecule has 2 aromatic carbocycles. The van der Waals surface area contributed by atoms with Gasteiger partial charge in [-0.25, -0.2) is 5.84 Å². The molecular formula is C11H9BrN2O2. The number of rotatable bonds is 1.